The molecule has 0 heterocycles. The number of aliphatic hydroxyl groups is 1. The summed E-state index contributed by atoms with van der Waals surface area (Å²) in [5.41, 5.74) is -1.01. The highest BCUT2D eigenvalue weighted by molar-refractivity contribution is 6.68. The molecule has 0 aliphatic heterocycles. The summed E-state index contributed by atoms with van der Waals surface area (Å²) < 4.78 is 3.75. The number of ether oxygens (including phenoxy) is 1. The van der Waals surface area contributed by atoms with Gasteiger partial charge in [-0.3, -0.25) is 0 Å². The van der Waals surface area contributed by atoms with Crippen LogP contribution in [0.2, 0.25) is 0 Å². The summed E-state index contributed by atoms with van der Waals surface area (Å²) in [5, 5.41) is 10.0. The number of hydrogen-bond donors (Lipinski definition) is 1. The van der Waals surface area contributed by atoms with Crippen LogP contribution < -0.4 is 0 Å². The minimum atomic E-state index is -1.79. The minimum absolute atomic E-state index is 0.274. The number of aliphatic hydroxyl groups excluding tert-OH is 1. The molecule has 16 heavy (non-hydrogen) atoms. The molecule has 0 fully saturated rings. The molecule has 0 bridgehead atoms. The number of rotatable bonds is 4. The first kappa shape index (κ1) is 14.1. The summed E-state index contributed by atoms with van der Waals surface area (Å²) in [4.78, 5) is 0. The highest BCUT2D eigenvalue weighted by Gasteiger charge is 2.47. The molecule has 0 saturated carbocycles. The van der Waals surface area contributed by atoms with Crippen LogP contribution in [-0.2, 0) is 4.74 Å². The van der Waals surface area contributed by atoms with Gasteiger partial charge in [0.25, 0.3) is 0 Å². The number of alkyl halides is 3. The number of hydrogen-bond acceptors (Lipinski definition) is 2. The molecule has 1 N–H and O–H groups in total. The highest BCUT2D eigenvalue weighted by atomic mass is 35.6. The molecule has 0 amide bonds. The van der Waals surface area contributed by atoms with Gasteiger partial charge in [0.05, 0.1) is 6.61 Å². The molecule has 1 aliphatic rings. The fourth-order valence-electron chi connectivity index (χ4n) is 1.50. The predicted octanol–water partition coefficient (Wildman–Crippen LogP) is 3.18. The molecule has 2 atom stereocenters. The zero-order chi connectivity index (χ0) is 12.2. The second-order valence-corrected chi connectivity index (χ2v) is 5.86. The van der Waals surface area contributed by atoms with Crippen LogP contribution in [0.1, 0.15) is 6.42 Å². The summed E-state index contributed by atoms with van der Waals surface area (Å²) in [5.74, 6) is 0. The van der Waals surface area contributed by atoms with Crippen LogP contribution in [0, 0.1) is 0 Å². The van der Waals surface area contributed by atoms with Crippen LogP contribution in [-0.4, -0.2) is 27.2 Å². The van der Waals surface area contributed by atoms with Crippen molar-refractivity contribution in [3.8, 4) is 0 Å². The van der Waals surface area contributed by atoms with E-state index in [1.54, 1.807) is 18.2 Å². The van der Waals surface area contributed by atoms with Crippen molar-refractivity contribution in [1.82, 2.24) is 0 Å². The molecule has 1 rings (SSSR count). The van der Waals surface area contributed by atoms with Crippen molar-refractivity contribution in [3.63, 3.8) is 0 Å². The first-order chi connectivity index (χ1) is 7.42. The van der Waals surface area contributed by atoms with Crippen molar-refractivity contribution in [1.29, 1.82) is 0 Å². The van der Waals surface area contributed by atoms with Crippen LogP contribution in [0.5, 0.6) is 0 Å². The molecular weight excluding hydrogens is 270 g/mol. The molecule has 0 saturated heterocycles. The molecule has 0 spiro atoms. The van der Waals surface area contributed by atoms with Gasteiger partial charge in [-0.25, -0.2) is 0 Å². The Kier molecular flexibility index (Phi) is 4.89. The summed E-state index contributed by atoms with van der Waals surface area (Å²) >= 11 is 17.1. The maximum Gasteiger partial charge on any atom is 0.219 e. The largest absolute Gasteiger partial charge is 0.385 e. The van der Waals surface area contributed by atoms with Gasteiger partial charge in [-0.2, -0.15) is 0 Å². The van der Waals surface area contributed by atoms with E-state index in [0.29, 0.717) is 6.42 Å². The van der Waals surface area contributed by atoms with Crippen molar-refractivity contribution in [2.45, 2.75) is 21.9 Å². The Hall–Kier alpha value is 0.0100. The zero-order valence-electron chi connectivity index (χ0n) is 8.57. The lowest BCUT2D eigenvalue weighted by Gasteiger charge is -2.38. The average molecular weight is 284 g/mol. The Morgan fingerprint density at radius 1 is 1.50 bits per heavy atom. The monoisotopic (exact) mass is 282 g/mol. The Morgan fingerprint density at radius 3 is 2.62 bits per heavy atom. The third-order valence-corrected chi connectivity index (χ3v) is 2.93. The van der Waals surface area contributed by atoms with Gasteiger partial charge in [-0.1, -0.05) is 59.1 Å². The quantitative estimate of drug-likeness (QED) is 0.634. The Bertz CT molecular complexity index is 307. The van der Waals surface area contributed by atoms with Gasteiger partial charge >= 0.3 is 0 Å². The van der Waals surface area contributed by atoms with E-state index >= 15 is 0 Å². The van der Waals surface area contributed by atoms with Gasteiger partial charge in [0.2, 0.25) is 3.79 Å². The normalized spacial score (nSPS) is 26.8. The molecule has 2 unspecified atom stereocenters. The summed E-state index contributed by atoms with van der Waals surface area (Å²) in [6.45, 7) is 3.82. The van der Waals surface area contributed by atoms with Crippen molar-refractivity contribution in [2.75, 3.05) is 6.61 Å². The lowest BCUT2D eigenvalue weighted by atomic mass is 9.89. The summed E-state index contributed by atoms with van der Waals surface area (Å²) in [7, 11) is 0. The van der Waals surface area contributed by atoms with Gasteiger partial charge in [0, 0.05) is 6.42 Å². The fourth-order valence-corrected chi connectivity index (χ4v) is 2.05. The van der Waals surface area contributed by atoms with Gasteiger partial charge < -0.3 is 9.84 Å². The fraction of sp³-hybridized carbons (Fsp3) is 0.455. The Morgan fingerprint density at radius 2 is 2.19 bits per heavy atom. The van der Waals surface area contributed by atoms with Crippen LogP contribution in [0.15, 0.2) is 37.0 Å². The molecule has 0 aromatic carbocycles. The van der Waals surface area contributed by atoms with Gasteiger partial charge in [0.15, 0.2) is 0 Å². The van der Waals surface area contributed by atoms with E-state index in [1.165, 1.54) is 0 Å². The lowest BCUT2D eigenvalue weighted by molar-refractivity contribution is -0.0793. The maximum absolute atomic E-state index is 10.0. The van der Waals surface area contributed by atoms with Crippen molar-refractivity contribution in [2.24, 2.45) is 0 Å². The first-order valence-corrected chi connectivity index (χ1v) is 5.90. The molecule has 0 aromatic heterocycles. The van der Waals surface area contributed by atoms with Gasteiger partial charge in [0.1, 0.15) is 11.7 Å². The topological polar surface area (TPSA) is 29.5 Å². The Labute approximate surface area is 110 Å². The van der Waals surface area contributed by atoms with Crippen LogP contribution >= 0.6 is 34.8 Å². The van der Waals surface area contributed by atoms with Crippen LogP contribution in [0.3, 0.4) is 0 Å². The van der Waals surface area contributed by atoms with Crippen LogP contribution in [0.25, 0.3) is 0 Å². The summed E-state index contributed by atoms with van der Waals surface area (Å²) in [6, 6.07) is 0. The van der Waals surface area contributed by atoms with E-state index in [0.717, 1.165) is 0 Å². The predicted molar refractivity (Wildman–Crippen MR) is 68.1 cm³/mol. The molecular formula is C11H13Cl3O2. The molecule has 2 nitrogen and oxygen atoms in total. The smallest absolute Gasteiger partial charge is 0.219 e. The van der Waals surface area contributed by atoms with E-state index < -0.39 is 15.5 Å². The van der Waals surface area contributed by atoms with Crippen molar-refractivity contribution < 1.29 is 9.84 Å². The molecule has 0 aromatic rings. The maximum atomic E-state index is 10.0. The van der Waals surface area contributed by atoms with E-state index in [4.69, 9.17) is 39.5 Å². The van der Waals surface area contributed by atoms with E-state index in [-0.39, 0.29) is 6.61 Å². The lowest BCUT2D eigenvalue weighted by Crippen LogP contribution is -2.50. The van der Waals surface area contributed by atoms with Crippen LogP contribution in [0.4, 0.5) is 0 Å². The molecule has 1 aliphatic carbocycles. The number of halogens is 3. The van der Waals surface area contributed by atoms with Crippen molar-refractivity contribution >= 4 is 34.8 Å². The minimum Gasteiger partial charge on any atom is -0.385 e. The second-order valence-electron chi connectivity index (χ2n) is 3.49. The average Bonchev–Trinajstić information content (AvgIpc) is 2.25. The molecule has 90 valence electrons. The number of allylic oxidation sites excluding steroid dienone is 2. The molecule has 5 heteroatoms. The second kappa shape index (κ2) is 5.56. The zero-order valence-corrected chi connectivity index (χ0v) is 10.8. The van der Waals surface area contributed by atoms with E-state index in [9.17, 15) is 5.11 Å². The van der Waals surface area contributed by atoms with Gasteiger partial charge in [-0.15, -0.1) is 6.58 Å². The van der Waals surface area contributed by atoms with E-state index in [1.807, 2.05) is 12.2 Å². The molecule has 0 radical (unpaired) electrons. The third kappa shape index (κ3) is 3.25. The first-order valence-electron chi connectivity index (χ1n) is 4.76. The van der Waals surface area contributed by atoms with Gasteiger partial charge in [-0.05, 0) is 6.08 Å². The van der Waals surface area contributed by atoms with E-state index in [2.05, 4.69) is 6.58 Å². The van der Waals surface area contributed by atoms with Crippen molar-refractivity contribution in [3.05, 3.63) is 37.0 Å². The standard InChI is InChI=1S/C11H13Cl3O2/c1-2-8-16-10(6-4-3-5-7-10)9(15)11(12,13)14/h2-6,9,15H,1,7-8H2. The highest BCUT2D eigenvalue weighted by Crippen LogP contribution is 2.40. The summed E-state index contributed by atoms with van der Waals surface area (Å²) in [6.07, 6.45) is 7.94. The SMILES string of the molecule is C=CCOC1(C(O)C(Cl)(Cl)Cl)C=CC=CC1. The third-order valence-electron chi connectivity index (χ3n) is 2.31. The Balaban J connectivity index is 2.91.